The van der Waals surface area contributed by atoms with Crippen molar-refractivity contribution >= 4 is 17.3 Å². The highest BCUT2D eigenvalue weighted by Gasteiger charge is 2.56. The smallest absolute Gasteiger partial charge is 0.421 e. The Morgan fingerprint density at radius 3 is 2.39 bits per heavy atom. The fourth-order valence-corrected chi connectivity index (χ4v) is 3.37. The number of nitrogens with one attached hydrogen (secondary N) is 1. The average Bonchev–Trinajstić information content (AvgIpc) is 3.49. The van der Waals surface area contributed by atoms with Crippen molar-refractivity contribution in [2.75, 3.05) is 12.4 Å². The molecule has 2 N–H and O–H groups in total. The minimum atomic E-state index is -4.80. The number of anilines is 1. The van der Waals surface area contributed by atoms with Gasteiger partial charge in [0.25, 0.3) is 0 Å². The van der Waals surface area contributed by atoms with Crippen LogP contribution in [0.4, 0.5) is 18.9 Å². The predicted molar refractivity (Wildman–Crippen MR) is 104 cm³/mol. The molecule has 0 aliphatic heterocycles. The van der Waals surface area contributed by atoms with Gasteiger partial charge in [0.1, 0.15) is 5.75 Å². The van der Waals surface area contributed by atoms with Crippen molar-refractivity contribution in [1.82, 2.24) is 0 Å². The summed E-state index contributed by atoms with van der Waals surface area (Å²) in [6.07, 6.45) is -3.00. The SMILES string of the molecule is COc1ccc(CNc2ccc(Cl)cc2[C@@](O)(CCC2CC2)C(F)(F)F)cc1. The minimum Gasteiger partial charge on any atom is -0.497 e. The van der Waals surface area contributed by atoms with Crippen molar-refractivity contribution in [3.63, 3.8) is 0 Å². The third-order valence-corrected chi connectivity index (χ3v) is 5.38. The molecule has 152 valence electrons. The minimum absolute atomic E-state index is 0.152. The van der Waals surface area contributed by atoms with Crippen molar-refractivity contribution in [3.8, 4) is 5.75 Å². The van der Waals surface area contributed by atoms with E-state index in [4.69, 9.17) is 16.3 Å². The monoisotopic (exact) mass is 413 g/mol. The van der Waals surface area contributed by atoms with Crippen LogP contribution in [0, 0.1) is 5.92 Å². The van der Waals surface area contributed by atoms with Crippen molar-refractivity contribution < 1.29 is 23.0 Å². The molecule has 0 unspecified atom stereocenters. The Kier molecular flexibility index (Phi) is 6.10. The fourth-order valence-electron chi connectivity index (χ4n) is 3.20. The number of benzene rings is 2. The van der Waals surface area contributed by atoms with Gasteiger partial charge in [0.2, 0.25) is 0 Å². The molecule has 1 atom stereocenters. The lowest BCUT2D eigenvalue weighted by Gasteiger charge is -2.33. The molecule has 3 nitrogen and oxygen atoms in total. The zero-order valence-electron chi connectivity index (χ0n) is 15.5. The number of ether oxygens (including phenoxy) is 1. The lowest BCUT2D eigenvalue weighted by atomic mass is 9.86. The van der Waals surface area contributed by atoms with E-state index in [9.17, 15) is 18.3 Å². The van der Waals surface area contributed by atoms with Gasteiger partial charge in [-0.2, -0.15) is 13.2 Å². The van der Waals surface area contributed by atoms with Crippen molar-refractivity contribution in [2.24, 2.45) is 5.92 Å². The Bertz CT molecular complexity index is 806. The molecule has 2 aromatic carbocycles. The average molecular weight is 414 g/mol. The molecule has 1 fully saturated rings. The van der Waals surface area contributed by atoms with Crippen molar-refractivity contribution in [3.05, 3.63) is 58.6 Å². The molecule has 7 heteroatoms. The Morgan fingerprint density at radius 1 is 1.14 bits per heavy atom. The van der Waals surface area contributed by atoms with Crippen LogP contribution in [-0.2, 0) is 12.1 Å². The zero-order chi connectivity index (χ0) is 20.4. The highest BCUT2D eigenvalue weighted by molar-refractivity contribution is 6.30. The maximum absolute atomic E-state index is 13.9. The fraction of sp³-hybridized carbons (Fsp3) is 0.429. The summed E-state index contributed by atoms with van der Waals surface area (Å²) in [6.45, 7) is 0.301. The van der Waals surface area contributed by atoms with Crippen LogP contribution in [0.15, 0.2) is 42.5 Å². The highest BCUT2D eigenvalue weighted by Crippen LogP contribution is 2.48. The van der Waals surface area contributed by atoms with Crippen LogP contribution >= 0.6 is 11.6 Å². The van der Waals surface area contributed by atoms with E-state index in [2.05, 4.69) is 5.32 Å². The van der Waals surface area contributed by atoms with E-state index in [1.165, 1.54) is 18.2 Å². The molecule has 1 aliphatic carbocycles. The molecule has 1 aliphatic rings. The molecule has 3 rings (SSSR count). The number of hydrogen-bond acceptors (Lipinski definition) is 3. The summed E-state index contributed by atoms with van der Waals surface area (Å²) in [7, 11) is 1.56. The summed E-state index contributed by atoms with van der Waals surface area (Å²) in [5.41, 5.74) is -2.09. The first-order valence-corrected chi connectivity index (χ1v) is 9.56. The first-order valence-electron chi connectivity index (χ1n) is 9.19. The van der Waals surface area contributed by atoms with Gasteiger partial charge in [0.05, 0.1) is 7.11 Å². The molecule has 1 saturated carbocycles. The summed E-state index contributed by atoms with van der Waals surface area (Å²) in [5, 5.41) is 13.9. The quantitative estimate of drug-likeness (QED) is 0.566. The normalized spacial score (nSPS) is 16.5. The predicted octanol–water partition coefficient (Wildman–Crippen LogP) is 5.90. The second-order valence-corrected chi connectivity index (χ2v) is 7.67. The summed E-state index contributed by atoms with van der Waals surface area (Å²) in [5.74, 6) is 0.964. The molecule has 0 bridgehead atoms. The summed E-state index contributed by atoms with van der Waals surface area (Å²) in [4.78, 5) is 0. The Morgan fingerprint density at radius 2 is 1.82 bits per heavy atom. The van der Waals surface area contributed by atoms with Gasteiger partial charge in [-0.1, -0.05) is 36.6 Å². The van der Waals surface area contributed by atoms with Crippen molar-refractivity contribution in [2.45, 2.75) is 44.0 Å². The van der Waals surface area contributed by atoms with E-state index in [-0.39, 0.29) is 28.6 Å². The third kappa shape index (κ3) is 4.73. The molecule has 0 radical (unpaired) electrons. The van der Waals surface area contributed by atoms with Gasteiger partial charge in [0, 0.05) is 22.8 Å². The third-order valence-electron chi connectivity index (χ3n) is 5.15. The van der Waals surface area contributed by atoms with Gasteiger partial charge in [-0.15, -0.1) is 0 Å². The first kappa shape index (κ1) is 20.8. The largest absolute Gasteiger partial charge is 0.497 e. The Hall–Kier alpha value is -1.92. The van der Waals surface area contributed by atoms with E-state index in [1.54, 1.807) is 19.2 Å². The maximum Gasteiger partial charge on any atom is 0.421 e. The van der Waals surface area contributed by atoms with E-state index in [1.807, 2.05) is 12.1 Å². The van der Waals surface area contributed by atoms with Gasteiger partial charge in [-0.05, 0) is 54.7 Å². The Labute approximate surface area is 167 Å². The number of aliphatic hydroxyl groups is 1. The topological polar surface area (TPSA) is 41.5 Å². The van der Waals surface area contributed by atoms with Gasteiger partial charge < -0.3 is 15.2 Å². The molecule has 0 amide bonds. The lowest BCUT2D eigenvalue weighted by Crippen LogP contribution is -2.43. The van der Waals surface area contributed by atoms with Crippen LogP contribution in [0.5, 0.6) is 5.75 Å². The number of hydrogen-bond donors (Lipinski definition) is 2. The van der Waals surface area contributed by atoms with E-state index in [0.717, 1.165) is 18.4 Å². The molecule has 2 aromatic rings. The Balaban J connectivity index is 1.86. The van der Waals surface area contributed by atoms with Crippen LogP contribution < -0.4 is 10.1 Å². The summed E-state index contributed by atoms with van der Waals surface area (Å²) in [6, 6.07) is 11.4. The summed E-state index contributed by atoms with van der Waals surface area (Å²) < 4.78 is 46.8. The molecule has 0 spiro atoms. The van der Waals surface area contributed by atoms with E-state index >= 15 is 0 Å². The van der Waals surface area contributed by atoms with Gasteiger partial charge >= 0.3 is 6.18 Å². The van der Waals surface area contributed by atoms with Crippen LogP contribution in [0.2, 0.25) is 5.02 Å². The number of alkyl halides is 3. The molecular weight excluding hydrogens is 391 g/mol. The molecule has 28 heavy (non-hydrogen) atoms. The molecular formula is C21H23ClF3NO2. The lowest BCUT2D eigenvalue weighted by molar-refractivity contribution is -0.269. The van der Waals surface area contributed by atoms with Gasteiger partial charge in [0.15, 0.2) is 5.60 Å². The van der Waals surface area contributed by atoms with Crippen LogP contribution in [-0.4, -0.2) is 18.4 Å². The second-order valence-electron chi connectivity index (χ2n) is 7.23. The van der Waals surface area contributed by atoms with Crippen LogP contribution in [0.25, 0.3) is 0 Å². The van der Waals surface area contributed by atoms with Crippen molar-refractivity contribution in [1.29, 1.82) is 0 Å². The van der Waals surface area contributed by atoms with Gasteiger partial charge in [-0.25, -0.2) is 0 Å². The molecule has 0 heterocycles. The van der Waals surface area contributed by atoms with Crippen LogP contribution in [0.1, 0.15) is 36.8 Å². The second kappa shape index (κ2) is 8.21. The number of halogens is 4. The highest BCUT2D eigenvalue weighted by atomic mass is 35.5. The zero-order valence-corrected chi connectivity index (χ0v) is 16.3. The standard InChI is InChI=1S/C21H23ClF3NO2/c1-28-17-7-4-15(5-8-17)13-26-19-9-6-16(22)12-18(19)20(27,21(23,24)25)11-10-14-2-3-14/h4-9,12,14,26-27H,2-3,10-11,13H2,1H3/t20-/m0/s1. The number of rotatable bonds is 8. The molecule has 0 saturated heterocycles. The van der Waals surface area contributed by atoms with Crippen LogP contribution in [0.3, 0.4) is 0 Å². The van der Waals surface area contributed by atoms with E-state index < -0.39 is 11.8 Å². The summed E-state index contributed by atoms with van der Waals surface area (Å²) >= 11 is 5.98. The maximum atomic E-state index is 13.9. The first-order chi connectivity index (χ1) is 13.2. The molecule has 0 aromatic heterocycles. The van der Waals surface area contributed by atoms with Gasteiger partial charge in [-0.3, -0.25) is 0 Å². The van der Waals surface area contributed by atoms with E-state index in [0.29, 0.717) is 18.7 Å². The number of methoxy groups -OCH3 is 1.